The van der Waals surface area contributed by atoms with Crippen molar-refractivity contribution in [3.05, 3.63) is 46.5 Å². The van der Waals surface area contributed by atoms with Gasteiger partial charge in [-0.25, -0.2) is 4.39 Å². The minimum absolute atomic E-state index is 0.0709. The van der Waals surface area contributed by atoms with Crippen molar-refractivity contribution in [3.63, 3.8) is 0 Å². The highest BCUT2D eigenvalue weighted by atomic mass is 19.1. The van der Waals surface area contributed by atoms with E-state index in [1.165, 1.54) is 18.5 Å². The van der Waals surface area contributed by atoms with Gasteiger partial charge in [0, 0.05) is 7.05 Å². The second-order valence-corrected chi connectivity index (χ2v) is 3.46. The molecule has 0 aliphatic carbocycles. The van der Waals surface area contributed by atoms with Gasteiger partial charge in [0.2, 0.25) is 11.6 Å². The largest absolute Gasteiger partial charge is 0.430 e. The summed E-state index contributed by atoms with van der Waals surface area (Å²) in [6.07, 6.45) is 2.76. The van der Waals surface area contributed by atoms with E-state index >= 15 is 0 Å². The number of nitrogens with one attached hydrogen (secondary N) is 1. The fraction of sp³-hybridized carbons (Fsp3) is 0.0909. The Kier molecular flexibility index (Phi) is 3.51. The Morgan fingerprint density at radius 1 is 1.42 bits per heavy atom. The second-order valence-electron chi connectivity index (χ2n) is 3.46. The van der Waals surface area contributed by atoms with Gasteiger partial charge < -0.3 is 10.1 Å². The van der Waals surface area contributed by atoms with Crippen molar-refractivity contribution < 1.29 is 14.1 Å². The fourth-order valence-corrected chi connectivity index (χ4v) is 1.35. The van der Waals surface area contributed by atoms with Gasteiger partial charge in [-0.3, -0.25) is 15.1 Å². The third-order valence-corrected chi connectivity index (χ3v) is 2.20. The maximum absolute atomic E-state index is 13.0. The molecule has 0 bridgehead atoms. The lowest BCUT2D eigenvalue weighted by atomic mass is 10.3. The zero-order chi connectivity index (χ0) is 13.8. The standard InChI is InChI=1S/C11H9FN4O3/c1-13-10-5-14-6-11(15-10)19-9-3-2-7(12)4-8(9)16(17)18/h2-6H,1H3,(H,13,15). The molecule has 19 heavy (non-hydrogen) atoms. The normalized spacial score (nSPS) is 10.0. The van der Waals surface area contributed by atoms with Crippen LogP contribution in [-0.2, 0) is 0 Å². The summed E-state index contributed by atoms with van der Waals surface area (Å²) >= 11 is 0. The van der Waals surface area contributed by atoms with Crippen LogP contribution in [0.3, 0.4) is 0 Å². The second kappa shape index (κ2) is 5.25. The van der Waals surface area contributed by atoms with Crippen LogP contribution in [0.15, 0.2) is 30.6 Å². The molecule has 1 N–H and O–H groups in total. The van der Waals surface area contributed by atoms with Gasteiger partial charge in [-0.1, -0.05) is 0 Å². The lowest BCUT2D eigenvalue weighted by Crippen LogP contribution is -1.98. The molecule has 0 radical (unpaired) electrons. The molecular weight excluding hydrogens is 255 g/mol. The van der Waals surface area contributed by atoms with Crippen LogP contribution >= 0.6 is 0 Å². The van der Waals surface area contributed by atoms with Crippen molar-refractivity contribution >= 4 is 11.5 Å². The molecule has 2 aromatic rings. The van der Waals surface area contributed by atoms with Crippen LogP contribution in [0.5, 0.6) is 11.6 Å². The molecule has 98 valence electrons. The zero-order valence-electron chi connectivity index (χ0n) is 9.83. The Hall–Kier alpha value is -2.77. The van der Waals surface area contributed by atoms with Crippen LogP contribution in [0.2, 0.25) is 0 Å². The van der Waals surface area contributed by atoms with Crippen molar-refractivity contribution in [3.8, 4) is 11.6 Å². The summed E-state index contributed by atoms with van der Waals surface area (Å²) in [5, 5.41) is 13.5. The van der Waals surface area contributed by atoms with E-state index in [0.29, 0.717) is 5.82 Å². The van der Waals surface area contributed by atoms with E-state index < -0.39 is 16.4 Å². The molecular formula is C11H9FN4O3. The number of nitro groups is 1. The topological polar surface area (TPSA) is 90.2 Å². The maximum atomic E-state index is 13.0. The summed E-state index contributed by atoms with van der Waals surface area (Å²) in [6.45, 7) is 0. The molecule has 2 rings (SSSR count). The molecule has 0 saturated carbocycles. The molecule has 1 aromatic carbocycles. The summed E-state index contributed by atoms with van der Waals surface area (Å²) in [4.78, 5) is 17.9. The molecule has 0 spiro atoms. The van der Waals surface area contributed by atoms with Crippen LogP contribution in [0, 0.1) is 15.9 Å². The van der Waals surface area contributed by atoms with Crippen LogP contribution in [0.1, 0.15) is 0 Å². The first kappa shape index (κ1) is 12.7. The predicted molar refractivity (Wildman–Crippen MR) is 64.7 cm³/mol. The molecule has 0 amide bonds. The highest BCUT2D eigenvalue weighted by molar-refractivity contribution is 5.48. The summed E-state index contributed by atoms with van der Waals surface area (Å²) in [5.74, 6) is -0.299. The van der Waals surface area contributed by atoms with Crippen molar-refractivity contribution in [1.82, 2.24) is 9.97 Å². The Labute approximate surface area is 107 Å². The molecule has 0 saturated heterocycles. The highest BCUT2D eigenvalue weighted by Crippen LogP contribution is 2.30. The number of aromatic nitrogens is 2. The van der Waals surface area contributed by atoms with E-state index in [9.17, 15) is 14.5 Å². The van der Waals surface area contributed by atoms with Crippen LogP contribution in [0.25, 0.3) is 0 Å². The van der Waals surface area contributed by atoms with Gasteiger partial charge in [0.15, 0.2) is 0 Å². The van der Waals surface area contributed by atoms with Crippen LogP contribution < -0.4 is 10.1 Å². The Balaban J connectivity index is 2.34. The van der Waals surface area contributed by atoms with Crippen molar-refractivity contribution in [1.29, 1.82) is 0 Å². The van der Waals surface area contributed by atoms with Gasteiger partial charge in [0.25, 0.3) is 0 Å². The number of ether oxygens (including phenoxy) is 1. The van der Waals surface area contributed by atoms with Crippen LogP contribution in [-0.4, -0.2) is 21.9 Å². The first-order valence-electron chi connectivity index (χ1n) is 5.21. The van der Waals surface area contributed by atoms with E-state index in [2.05, 4.69) is 15.3 Å². The smallest absolute Gasteiger partial charge is 0.314 e. The van der Waals surface area contributed by atoms with Gasteiger partial charge in [0.1, 0.15) is 11.6 Å². The average Bonchev–Trinajstić information content (AvgIpc) is 2.41. The monoisotopic (exact) mass is 264 g/mol. The molecule has 7 nitrogen and oxygen atoms in total. The lowest BCUT2D eigenvalue weighted by molar-refractivity contribution is -0.385. The summed E-state index contributed by atoms with van der Waals surface area (Å²) < 4.78 is 18.2. The minimum Gasteiger partial charge on any atom is -0.430 e. The lowest BCUT2D eigenvalue weighted by Gasteiger charge is -2.06. The third-order valence-electron chi connectivity index (χ3n) is 2.20. The van der Waals surface area contributed by atoms with Crippen molar-refractivity contribution in [2.45, 2.75) is 0 Å². The van der Waals surface area contributed by atoms with Gasteiger partial charge in [0.05, 0.1) is 23.4 Å². The molecule has 0 atom stereocenters. The molecule has 0 unspecified atom stereocenters. The fourth-order valence-electron chi connectivity index (χ4n) is 1.35. The number of nitrogens with zero attached hydrogens (tertiary/aromatic N) is 3. The number of nitro benzene ring substituents is 1. The van der Waals surface area contributed by atoms with E-state index in [1.54, 1.807) is 7.05 Å². The number of anilines is 1. The third kappa shape index (κ3) is 2.92. The molecule has 1 heterocycles. The van der Waals surface area contributed by atoms with E-state index in [-0.39, 0.29) is 11.6 Å². The summed E-state index contributed by atoms with van der Waals surface area (Å²) in [6, 6.07) is 3.02. The summed E-state index contributed by atoms with van der Waals surface area (Å²) in [5.41, 5.74) is -0.475. The van der Waals surface area contributed by atoms with Gasteiger partial charge >= 0.3 is 5.69 Å². The molecule has 0 aliphatic heterocycles. The molecule has 0 aliphatic rings. The van der Waals surface area contributed by atoms with Crippen LogP contribution in [0.4, 0.5) is 15.9 Å². The van der Waals surface area contributed by atoms with Gasteiger partial charge in [-0.05, 0) is 12.1 Å². The Morgan fingerprint density at radius 2 is 2.21 bits per heavy atom. The number of benzene rings is 1. The van der Waals surface area contributed by atoms with Gasteiger partial charge in [-0.15, -0.1) is 0 Å². The Bertz CT molecular complexity index is 621. The average molecular weight is 264 g/mol. The van der Waals surface area contributed by atoms with E-state index in [1.807, 2.05) is 0 Å². The minimum atomic E-state index is -0.728. The van der Waals surface area contributed by atoms with Crippen molar-refractivity contribution in [2.75, 3.05) is 12.4 Å². The predicted octanol–water partition coefficient (Wildman–Crippen LogP) is 2.36. The number of halogens is 1. The Morgan fingerprint density at radius 3 is 2.89 bits per heavy atom. The summed E-state index contributed by atoms with van der Waals surface area (Å²) in [7, 11) is 1.65. The quantitative estimate of drug-likeness (QED) is 0.673. The molecule has 0 fully saturated rings. The number of hydrogen-bond acceptors (Lipinski definition) is 6. The van der Waals surface area contributed by atoms with E-state index in [0.717, 1.165) is 12.1 Å². The molecule has 8 heteroatoms. The highest BCUT2D eigenvalue weighted by Gasteiger charge is 2.17. The van der Waals surface area contributed by atoms with Gasteiger partial charge in [-0.2, -0.15) is 4.98 Å². The first-order valence-corrected chi connectivity index (χ1v) is 5.21. The number of hydrogen-bond donors (Lipinski definition) is 1. The molecule has 1 aromatic heterocycles. The maximum Gasteiger partial charge on any atom is 0.314 e. The number of rotatable bonds is 4. The first-order chi connectivity index (χ1) is 9.10. The van der Waals surface area contributed by atoms with Crippen molar-refractivity contribution in [2.24, 2.45) is 0 Å². The van der Waals surface area contributed by atoms with E-state index in [4.69, 9.17) is 4.74 Å². The SMILES string of the molecule is CNc1cncc(Oc2ccc(F)cc2[N+](=O)[O-])n1. The zero-order valence-corrected chi connectivity index (χ0v) is 9.83.